The number of nitriles is 1. The van der Waals surface area contributed by atoms with Crippen molar-refractivity contribution in [1.82, 2.24) is 4.98 Å². The lowest BCUT2D eigenvalue weighted by molar-refractivity contribution is 0.474. The second-order valence-corrected chi connectivity index (χ2v) is 5.57. The van der Waals surface area contributed by atoms with E-state index in [2.05, 4.69) is 11.1 Å². The first-order valence-corrected chi connectivity index (χ1v) is 7.34. The summed E-state index contributed by atoms with van der Waals surface area (Å²) in [7, 11) is 0. The van der Waals surface area contributed by atoms with Crippen LogP contribution in [0, 0.1) is 11.3 Å². The lowest BCUT2D eigenvalue weighted by atomic mass is 9.94. The standard InChI is InChI=1S/C14H17N3OS/c1-2-14(16,10-15)8-5-9-19-13-17-11-6-3-4-7-12(11)18-13/h3-4,6-7H,2,5,8-9,16H2,1H3. The highest BCUT2D eigenvalue weighted by molar-refractivity contribution is 7.99. The average molecular weight is 275 g/mol. The molecule has 19 heavy (non-hydrogen) atoms. The van der Waals surface area contributed by atoms with Gasteiger partial charge >= 0.3 is 0 Å². The summed E-state index contributed by atoms with van der Waals surface area (Å²) in [4.78, 5) is 4.39. The summed E-state index contributed by atoms with van der Waals surface area (Å²) in [5, 5.41) is 9.66. The minimum Gasteiger partial charge on any atom is -0.431 e. The SMILES string of the molecule is CCC(N)(C#N)CCCSc1nc2ccccc2o1. The molecular weight excluding hydrogens is 258 g/mol. The van der Waals surface area contributed by atoms with Gasteiger partial charge in [-0.2, -0.15) is 5.26 Å². The minimum atomic E-state index is -0.693. The maximum atomic E-state index is 8.98. The van der Waals surface area contributed by atoms with Gasteiger partial charge in [-0.1, -0.05) is 30.8 Å². The van der Waals surface area contributed by atoms with Gasteiger partial charge < -0.3 is 10.2 Å². The van der Waals surface area contributed by atoms with Crippen LogP contribution in [0.15, 0.2) is 33.9 Å². The number of hydrogen-bond acceptors (Lipinski definition) is 5. The number of nitrogens with zero attached hydrogens (tertiary/aromatic N) is 2. The van der Waals surface area contributed by atoms with Crippen molar-refractivity contribution in [2.75, 3.05) is 5.75 Å². The fourth-order valence-electron chi connectivity index (χ4n) is 1.77. The molecule has 1 heterocycles. The van der Waals surface area contributed by atoms with Gasteiger partial charge in [0, 0.05) is 5.75 Å². The van der Waals surface area contributed by atoms with E-state index in [4.69, 9.17) is 15.4 Å². The average Bonchev–Trinajstić information content (AvgIpc) is 2.86. The molecule has 1 atom stereocenters. The van der Waals surface area contributed by atoms with Crippen LogP contribution in [0.25, 0.3) is 11.1 Å². The summed E-state index contributed by atoms with van der Waals surface area (Å²) < 4.78 is 5.61. The van der Waals surface area contributed by atoms with E-state index >= 15 is 0 Å². The number of oxazole rings is 1. The minimum absolute atomic E-state index is 0.678. The summed E-state index contributed by atoms with van der Waals surface area (Å²) in [5.41, 5.74) is 6.92. The first-order valence-electron chi connectivity index (χ1n) is 6.35. The van der Waals surface area contributed by atoms with Gasteiger partial charge in [0.1, 0.15) is 11.1 Å². The predicted octanol–water partition coefficient (Wildman–Crippen LogP) is 3.33. The van der Waals surface area contributed by atoms with Crippen molar-refractivity contribution in [2.24, 2.45) is 5.73 Å². The Morgan fingerprint density at radius 3 is 2.95 bits per heavy atom. The van der Waals surface area contributed by atoms with Crippen LogP contribution < -0.4 is 5.73 Å². The van der Waals surface area contributed by atoms with Gasteiger partial charge in [-0.25, -0.2) is 4.98 Å². The van der Waals surface area contributed by atoms with E-state index in [1.54, 1.807) is 11.8 Å². The Balaban J connectivity index is 1.85. The molecule has 4 nitrogen and oxygen atoms in total. The molecule has 0 bridgehead atoms. The number of thioether (sulfide) groups is 1. The van der Waals surface area contributed by atoms with E-state index in [1.807, 2.05) is 31.2 Å². The molecule has 0 fully saturated rings. The Bertz CT molecular complexity index is 557. The molecule has 2 N–H and O–H groups in total. The number of rotatable bonds is 6. The van der Waals surface area contributed by atoms with Crippen molar-refractivity contribution < 1.29 is 4.42 Å². The molecule has 0 amide bonds. The van der Waals surface area contributed by atoms with Crippen molar-refractivity contribution >= 4 is 22.9 Å². The smallest absolute Gasteiger partial charge is 0.256 e. The molecule has 0 saturated carbocycles. The molecule has 5 heteroatoms. The van der Waals surface area contributed by atoms with Crippen LogP contribution in [0.5, 0.6) is 0 Å². The van der Waals surface area contributed by atoms with Crippen molar-refractivity contribution in [3.63, 3.8) is 0 Å². The highest BCUT2D eigenvalue weighted by Crippen LogP contribution is 2.25. The first kappa shape index (κ1) is 13.9. The van der Waals surface area contributed by atoms with Crippen LogP contribution in [0.1, 0.15) is 26.2 Å². The molecule has 1 unspecified atom stereocenters. The zero-order valence-corrected chi connectivity index (χ0v) is 11.7. The summed E-state index contributed by atoms with van der Waals surface area (Å²) >= 11 is 1.57. The van der Waals surface area contributed by atoms with Gasteiger partial charge in [-0.3, -0.25) is 0 Å². The van der Waals surface area contributed by atoms with Crippen molar-refractivity contribution in [1.29, 1.82) is 5.26 Å². The number of hydrogen-bond donors (Lipinski definition) is 1. The van der Waals surface area contributed by atoms with Crippen molar-refractivity contribution in [3.05, 3.63) is 24.3 Å². The summed E-state index contributed by atoms with van der Waals surface area (Å²) in [6.07, 6.45) is 2.26. The van der Waals surface area contributed by atoms with Gasteiger partial charge in [-0.05, 0) is 31.4 Å². The maximum Gasteiger partial charge on any atom is 0.256 e. The summed E-state index contributed by atoms with van der Waals surface area (Å²) in [6, 6.07) is 9.89. The third-order valence-corrected chi connectivity index (χ3v) is 4.03. The molecule has 0 aliphatic rings. The number of aromatic nitrogens is 1. The van der Waals surface area contributed by atoms with Crippen LogP contribution in [0.4, 0.5) is 0 Å². The molecule has 100 valence electrons. The Morgan fingerprint density at radius 2 is 2.26 bits per heavy atom. The largest absolute Gasteiger partial charge is 0.431 e. The predicted molar refractivity (Wildman–Crippen MR) is 76.8 cm³/mol. The van der Waals surface area contributed by atoms with Crippen LogP contribution in [0.2, 0.25) is 0 Å². The van der Waals surface area contributed by atoms with Gasteiger partial charge in [0.2, 0.25) is 0 Å². The number of nitrogens with two attached hydrogens (primary N) is 1. The van der Waals surface area contributed by atoms with Gasteiger partial charge in [0.25, 0.3) is 5.22 Å². The third kappa shape index (κ3) is 3.49. The zero-order chi connectivity index (χ0) is 13.7. The maximum absolute atomic E-state index is 8.98. The molecule has 0 spiro atoms. The topological polar surface area (TPSA) is 75.8 Å². The van der Waals surface area contributed by atoms with E-state index in [0.29, 0.717) is 18.1 Å². The van der Waals surface area contributed by atoms with Crippen LogP contribution in [0.3, 0.4) is 0 Å². The highest BCUT2D eigenvalue weighted by atomic mass is 32.2. The fraction of sp³-hybridized carbons (Fsp3) is 0.429. The van der Waals surface area contributed by atoms with E-state index < -0.39 is 5.54 Å². The Labute approximate surface area is 117 Å². The molecule has 2 rings (SSSR count). The van der Waals surface area contributed by atoms with Gasteiger partial charge in [0.05, 0.1) is 6.07 Å². The number of fused-ring (bicyclic) bond motifs is 1. The monoisotopic (exact) mass is 275 g/mol. The first-order chi connectivity index (χ1) is 9.17. The van der Waals surface area contributed by atoms with Crippen molar-refractivity contribution in [3.8, 4) is 6.07 Å². The van der Waals surface area contributed by atoms with E-state index in [1.165, 1.54) is 0 Å². The normalized spacial score (nSPS) is 14.2. The van der Waals surface area contributed by atoms with Crippen LogP contribution in [-0.2, 0) is 0 Å². The van der Waals surface area contributed by atoms with Crippen LogP contribution >= 0.6 is 11.8 Å². The second-order valence-electron chi connectivity index (χ2n) is 4.52. The Morgan fingerprint density at radius 1 is 1.47 bits per heavy atom. The van der Waals surface area contributed by atoms with E-state index in [0.717, 1.165) is 23.3 Å². The van der Waals surface area contributed by atoms with Crippen LogP contribution in [-0.4, -0.2) is 16.3 Å². The van der Waals surface area contributed by atoms with E-state index in [9.17, 15) is 0 Å². The zero-order valence-electron chi connectivity index (χ0n) is 10.9. The van der Waals surface area contributed by atoms with E-state index in [-0.39, 0.29) is 0 Å². The highest BCUT2D eigenvalue weighted by Gasteiger charge is 2.21. The second kappa shape index (κ2) is 6.09. The Hall–Kier alpha value is -1.51. The number of benzene rings is 1. The Kier molecular flexibility index (Phi) is 4.46. The van der Waals surface area contributed by atoms with Crippen molar-refractivity contribution in [2.45, 2.75) is 36.9 Å². The molecule has 0 aliphatic carbocycles. The summed E-state index contributed by atoms with van der Waals surface area (Å²) in [6.45, 7) is 1.94. The quantitative estimate of drug-likeness (QED) is 0.646. The molecule has 0 aliphatic heterocycles. The molecule has 0 radical (unpaired) electrons. The fourth-order valence-corrected chi connectivity index (χ4v) is 2.55. The third-order valence-electron chi connectivity index (χ3n) is 3.12. The van der Waals surface area contributed by atoms with Gasteiger partial charge in [0.15, 0.2) is 5.58 Å². The molecule has 1 aromatic heterocycles. The molecular formula is C14H17N3OS. The molecule has 1 aromatic carbocycles. The lowest BCUT2D eigenvalue weighted by Crippen LogP contribution is -2.37. The lowest BCUT2D eigenvalue weighted by Gasteiger charge is -2.18. The van der Waals surface area contributed by atoms with Gasteiger partial charge in [-0.15, -0.1) is 0 Å². The molecule has 0 saturated heterocycles. The number of para-hydroxylation sites is 2. The molecule has 2 aromatic rings. The summed E-state index contributed by atoms with van der Waals surface area (Å²) in [5.74, 6) is 0.855.